The number of thiazole rings is 1. The molecule has 164 valence electrons. The third-order valence-corrected chi connectivity index (χ3v) is 6.48. The molecule has 1 amide bonds. The summed E-state index contributed by atoms with van der Waals surface area (Å²) in [6, 6.07) is 14.4. The number of aryl methyl sites for hydroxylation is 2. The normalized spacial score (nSPS) is 11.4. The molecule has 0 saturated carbocycles. The summed E-state index contributed by atoms with van der Waals surface area (Å²) in [4.78, 5) is 18.0. The number of nitrogens with one attached hydrogen (secondary N) is 1. The van der Waals surface area contributed by atoms with E-state index in [1.807, 2.05) is 13.0 Å². The number of benzene rings is 2. The van der Waals surface area contributed by atoms with Crippen LogP contribution in [0, 0.1) is 13.8 Å². The number of halogens is 1. The molecule has 0 aliphatic heterocycles. The third-order valence-electron chi connectivity index (χ3n) is 4.97. The Labute approximate surface area is 197 Å². The second-order valence-electron chi connectivity index (χ2n) is 8.69. The predicted molar refractivity (Wildman–Crippen MR) is 133 cm³/mol. The Kier molecular flexibility index (Phi) is 7.55. The summed E-state index contributed by atoms with van der Waals surface area (Å²) in [5.41, 5.74) is 4.54. The Morgan fingerprint density at radius 1 is 1.13 bits per heavy atom. The van der Waals surface area contributed by atoms with Crippen LogP contribution in [0.25, 0.3) is 11.3 Å². The molecule has 6 heteroatoms. The first-order valence-corrected chi connectivity index (χ1v) is 12.0. The summed E-state index contributed by atoms with van der Waals surface area (Å²) < 4.78 is 6.79. The first kappa shape index (κ1) is 23.5. The van der Waals surface area contributed by atoms with Gasteiger partial charge in [0.2, 0.25) is 5.91 Å². The van der Waals surface area contributed by atoms with Crippen molar-refractivity contribution < 1.29 is 9.53 Å². The molecule has 0 spiro atoms. The first-order valence-electron chi connectivity index (χ1n) is 10.4. The number of carbonyl (C=O) groups is 1. The van der Waals surface area contributed by atoms with Gasteiger partial charge in [-0.25, -0.2) is 4.98 Å². The van der Waals surface area contributed by atoms with E-state index in [4.69, 9.17) is 4.74 Å². The number of ether oxygens (including phenoxy) is 1. The average Bonchev–Trinajstić information content (AvgIpc) is 3.06. The van der Waals surface area contributed by atoms with Crippen molar-refractivity contribution in [3.8, 4) is 17.0 Å². The summed E-state index contributed by atoms with van der Waals surface area (Å²) in [7, 11) is 0. The Bertz CT molecular complexity index is 1050. The zero-order valence-corrected chi connectivity index (χ0v) is 21.1. The van der Waals surface area contributed by atoms with Gasteiger partial charge in [0.1, 0.15) is 5.75 Å². The largest absolute Gasteiger partial charge is 0.492 e. The van der Waals surface area contributed by atoms with E-state index in [9.17, 15) is 4.79 Å². The van der Waals surface area contributed by atoms with Crippen molar-refractivity contribution in [2.24, 2.45) is 0 Å². The molecule has 3 rings (SSSR count). The summed E-state index contributed by atoms with van der Waals surface area (Å²) in [5.74, 6) is 0.752. The minimum atomic E-state index is -0.0463. The van der Waals surface area contributed by atoms with Gasteiger partial charge in [-0.2, -0.15) is 0 Å². The van der Waals surface area contributed by atoms with E-state index >= 15 is 0 Å². The number of hydrogen-bond acceptors (Lipinski definition) is 4. The van der Waals surface area contributed by atoms with Crippen molar-refractivity contribution in [3.63, 3.8) is 0 Å². The molecule has 0 aliphatic rings. The van der Waals surface area contributed by atoms with Crippen LogP contribution in [-0.2, 0) is 10.2 Å². The van der Waals surface area contributed by atoms with Crippen LogP contribution in [0.15, 0.2) is 46.9 Å². The van der Waals surface area contributed by atoms with Crippen LogP contribution in [0.5, 0.6) is 5.75 Å². The lowest BCUT2D eigenvalue weighted by Gasteiger charge is -2.20. The van der Waals surface area contributed by atoms with Crippen molar-refractivity contribution in [1.29, 1.82) is 0 Å². The van der Waals surface area contributed by atoms with Crippen LogP contribution in [0.3, 0.4) is 0 Å². The SMILES string of the molecule is Cc1ccc(-c2nc(NC(=O)CCCOc3ccc(C(C)(C)C)cc3Br)sc2C)cc1. The fraction of sp³-hybridized carbons (Fsp3) is 0.360. The van der Waals surface area contributed by atoms with Gasteiger partial charge in [-0.3, -0.25) is 4.79 Å². The second kappa shape index (κ2) is 9.96. The van der Waals surface area contributed by atoms with Crippen molar-refractivity contribution in [2.45, 2.75) is 52.9 Å². The highest BCUT2D eigenvalue weighted by atomic mass is 79.9. The molecule has 4 nitrogen and oxygen atoms in total. The first-order chi connectivity index (χ1) is 14.6. The Balaban J connectivity index is 1.49. The lowest BCUT2D eigenvalue weighted by molar-refractivity contribution is -0.116. The molecule has 0 aliphatic carbocycles. The van der Waals surface area contributed by atoms with E-state index in [-0.39, 0.29) is 11.3 Å². The highest BCUT2D eigenvalue weighted by Crippen LogP contribution is 2.32. The van der Waals surface area contributed by atoms with Crippen LogP contribution in [0.2, 0.25) is 0 Å². The van der Waals surface area contributed by atoms with Crippen LogP contribution in [0.4, 0.5) is 5.13 Å². The number of hydrogen-bond donors (Lipinski definition) is 1. The summed E-state index contributed by atoms with van der Waals surface area (Å²) in [6.07, 6.45) is 1.02. The molecule has 1 heterocycles. The monoisotopic (exact) mass is 500 g/mol. The standard InChI is InChI=1S/C25H29BrN2O2S/c1-16-8-10-18(11-9-16)23-17(2)31-24(28-23)27-22(29)7-6-14-30-21-13-12-19(15-20(21)26)25(3,4)5/h8-13,15H,6-7,14H2,1-5H3,(H,27,28,29). The summed E-state index contributed by atoms with van der Waals surface area (Å²) in [5, 5.41) is 3.56. The van der Waals surface area contributed by atoms with Gasteiger partial charge in [0.25, 0.3) is 0 Å². The molecule has 2 aromatic carbocycles. The smallest absolute Gasteiger partial charge is 0.226 e. The lowest BCUT2D eigenvalue weighted by atomic mass is 9.87. The van der Waals surface area contributed by atoms with E-state index in [1.54, 1.807) is 0 Å². The molecule has 0 saturated heterocycles. The number of aromatic nitrogens is 1. The number of nitrogens with zero attached hydrogens (tertiary/aromatic N) is 1. The van der Waals surface area contributed by atoms with Crippen molar-refractivity contribution in [2.75, 3.05) is 11.9 Å². The minimum absolute atomic E-state index is 0.0463. The molecule has 1 N–H and O–H groups in total. The van der Waals surface area contributed by atoms with Crippen molar-refractivity contribution >= 4 is 38.3 Å². The van der Waals surface area contributed by atoms with Crippen molar-refractivity contribution in [1.82, 2.24) is 4.98 Å². The zero-order valence-electron chi connectivity index (χ0n) is 18.7. The molecule has 0 fully saturated rings. The van der Waals surface area contributed by atoms with Crippen LogP contribution in [0.1, 0.15) is 49.6 Å². The van der Waals surface area contributed by atoms with Gasteiger partial charge >= 0.3 is 0 Å². The molecular formula is C25H29BrN2O2S. The molecule has 0 atom stereocenters. The topological polar surface area (TPSA) is 51.2 Å². The minimum Gasteiger partial charge on any atom is -0.492 e. The maximum atomic E-state index is 12.3. The molecule has 0 bridgehead atoms. The number of rotatable bonds is 7. The van der Waals surface area contributed by atoms with Gasteiger partial charge in [-0.05, 0) is 59.3 Å². The van der Waals surface area contributed by atoms with Gasteiger partial charge in [0.15, 0.2) is 5.13 Å². The average molecular weight is 501 g/mol. The van der Waals surface area contributed by atoms with Gasteiger partial charge in [0, 0.05) is 16.9 Å². The lowest BCUT2D eigenvalue weighted by Crippen LogP contribution is -2.13. The third kappa shape index (κ3) is 6.40. The maximum absolute atomic E-state index is 12.3. The Morgan fingerprint density at radius 3 is 2.48 bits per heavy atom. The van der Waals surface area contributed by atoms with Crippen molar-refractivity contribution in [3.05, 3.63) is 62.9 Å². The van der Waals surface area contributed by atoms with Crippen LogP contribution in [-0.4, -0.2) is 17.5 Å². The van der Waals surface area contributed by atoms with E-state index in [0.717, 1.165) is 26.4 Å². The quantitative estimate of drug-likeness (QED) is 0.346. The number of carbonyl (C=O) groups excluding carboxylic acids is 1. The van der Waals surface area contributed by atoms with Gasteiger partial charge in [-0.1, -0.05) is 56.7 Å². The Morgan fingerprint density at radius 2 is 1.84 bits per heavy atom. The molecule has 1 aromatic heterocycles. The zero-order chi connectivity index (χ0) is 22.6. The van der Waals surface area contributed by atoms with Crippen LogP contribution >= 0.6 is 27.3 Å². The van der Waals surface area contributed by atoms with E-state index < -0.39 is 0 Å². The highest BCUT2D eigenvalue weighted by Gasteiger charge is 2.15. The fourth-order valence-electron chi connectivity index (χ4n) is 3.11. The maximum Gasteiger partial charge on any atom is 0.226 e. The second-order valence-corrected chi connectivity index (χ2v) is 10.7. The molecule has 0 radical (unpaired) electrons. The van der Waals surface area contributed by atoms with E-state index in [0.29, 0.717) is 24.6 Å². The molecule has 3 aromatic rings. The molecule has 0 unspecified atom stereocenters. The number of amides is 1. The number of anilines is 1. The van der Waals surface area contributed by atoms with Crippen LogP contribution < -0.4 is 10.1 Å². The summed E-state index contributed by atoms with van der Waals surface area (Å²) in [6.45, 7) is 11.1. The van der Waals surface area contributed by atoms with Gasteiger partial charge in [-0.15, -0.1) is 11.3 Å². The van der Waals surface area contributed by atoms with E-state index in [2.05, 4.69) is 90.3 Å². The molecule has 31 heavy (non-hydrogen) atoms. The summed E-state index contributed by atoms with van der Waals surface area (Å²) >= 11 is 5.09. The van der Waals surface area contributed by atoms with Gasteiger partial charge < -0.3 is 10.1 Å². The van der Waals surface area contributed by atoms with Gasteiger partial charge in [0.05, 0.1) is 16.8 Å². The van der Waals surface area contributed by atoms with E-state index in [1.165, 1.54) is 22.5 Å². The highest BCUT2D eigenvalue weighted by molar-refractivity contribution is 9.10. The molecular weight excluding hydrogens is 472 g/mol. The fourth-order valence-corrected chi connectivity index (χ4v) is 4.46. The predicted octanol–water partition coefficient (Wildman–Crippen LogP) is 7.28. The Hall–Kier alpha value is -2.18.